The zero-order valence-electron chi connectivity index (χ0n) is 16.6. The Hall–Kier alpha value is -1.51. The number of sulfonamides is 1. The summed E-state index contributed by atoms with van der Waals surface area (Å²) < 4.78 is 39.9. The van der Waals surface area contributed by atoms with E-state index < -0.39 is 15.8 Å². The van der Waals surface area contributed by atoms with E-state index in [4.69, 9.17) is 0 Å². The van der Waals surface area contributed by atoms with Gasteiger partial charge in [0.15, 0.2) is 0 Å². The molecule has 0 bridgehead atoms. The van der Waals surface area contributed by atoms with Crippen LogP contribution in [0.25, 0.3) is 0 Å². The fraction of sp³-hybridized carbons (Fsp3) is 0.650. The molecule has 0 spiro atoms. The summed E-state index contributed by atoms with van der Waals surface area (Å²) in [5.74, 6) is 0.0621. The summed E-state index contributed by atoms with van der Waals surface area (Å²) in [6, 6.07) is 4.84. The van der Waals surface area contributed by atoms with Crippen molar-refractivity contribution in [3.05, 3.63) is 30.1 Å². The molecule has 1 saturated heterocycles. The lowest BCUT2D eigenvalue weighted by Gasteiger charge is -2.38. The van der Waals surface area contributed by atoms with Gasteiger partial charge < -0.3 is 5.32 Å². The smallest absolute Gasteiger partial charge is 0.243 e. The first-order chi connectivity index (χ1) is 13.3. The van der Waals surface area contributed by atoms with Crippen LogP contribution < -0.4 is 5.32 Å². The molecule has 1 aliphatic carbocycles. The van der Waals surface area contributed by atoms with Gasteiger partial charge in [-0.05, 0) is 49.9 Å². The molecule has 0 aromatic heterocycles. The maximum atomic E-state index is 13.1. The summed E-state index contributed by atoms with van der Waals surface area (Å²) in [5.41, 5.74) is 0. The van der Waals surface area contributed by atoms with Crippen LogP contribution >= 0.6 is 0 Å². The van der Waals surface area contributed by atoms with Gasteiger partial charge in [0.05, 0.1) is 10.9 Å². The molecule has 6 nitrogen and oxygen atoms in total. The molecule has 1 aromatic rings. The second kappa shape index (κ2) is 8.88. The molecule has 3 rings (SSSR count). The van der Waals surface area contributed by atoms with E-state index >= 15 is 0 Å². The predicted octanol–water partition coefficient (Wildman–Crippen LogP) is 2.22. The number of carbonyl (C=O) groups excluding carboxylic acids is 1. The third-order valence-corrected chi connectivity index (χ3v) is 8.00. The summed E-state index contributed by atoms with van der Waals surface area (Å²) in [4.78, 5) is 14.8. The minimum absolute atomic E-state index is 0.0218. The van der Waals surface area contributed by atoms with Gasteiger partial charge in [0.25, 0.3) is 0 Å². The van der Waals surface area contributed by atoms with E-state index in [1.807, 2.05) is 11.8 Å². The Morgan fingerprint density at radius 3 is 2.32 bits per heavy atom. The molecule has 3 atom stereocenters. The van der Waals surface area contributed by atoms with Gasteiger partial charge in [-0.3, -0.25) is 9.69 Å². The topological polar surface area (TPSA) is 69.7 Å². The number of piperazine rings is 1. The second-order valence-electron chi connectivity index (χ2n) is 7.95. The fourth-order valence-electron chi connectivity index (χ4n) is 4.09. The number of benzene rings is 1. The van der Waals surface area contributed by atoms with Crippen molar-refractivity contribution < 1.29 is 17.6 Å². The summed E-state index contributed by atoms with van der Waals surface area (Å²) in [7, 11) is -3.64. The number of amides is 1. The van der Waals surface area contributed by atoms with Crippen molar-refractivity contribution in [2.45, 2.75) is 56.5 Å². The third-order valence-electron chi connectivity index (χ3n) is 6.09. The average molecular weight is 412 g/mol. The van der Waals surface area contributed by atoms with Crippen molar-refractivity contribution in [2.75, 3.05) is 26.2 Å². The Morgan fingerprint density at radius 1 is 1.11 bits per heavy atom. The molecular weight excluding hydrogens is 381 g/mol. The molecule has 1 amide bonds. The van der Waals surface area contributed by atoms with Gasteiger partial charge in [-0.15, -0.1) is 0 Å². The molecule has 2 fully saturated rings. The molecule has 0 unspecified atom stereocenters. The van der Waals surface area contributed by atoms with Crippen LogP contribution in [0.2, 0.25) is 0 Å². The van der Waals surface area contributed by atoms with E-state index in [1.54, 1.807) is 0 Å². The monoisotopic (exact) mass is 411 g/mol. The zero-order valence-corrected chi connectivity index (χ0v) is 17.4. The van der Waals surface area contributed by atoms with Crippen molar-refractivity contribution in [1.82, 2.24) is 14.5 Å². The Bertz CT molecular complexity index is 776. The van der Waals surface area contributed by atoms with Crippen LogP contribution in [0.15, 0.2) is 29.2 Å². The molecule has 1 aromatic carbocycles. The maximum Gasteiger partial charge on any atom is 0.243 e. The second-order valence-corrected chi connectivity index (χ2v) is 9.88. The lowest BCUT2D eigenvalue weighted by molar-refractivity contribution is -0.127. The van der Waals surface area contributed by atoms with E-state index in [1.165, 1.54) is 22.9 Å². The summed E-state index contributed by atoms with van der Waals surface area (Å²) in [6.45, 7) is 5.69. The molecule has 2 aliphatic rings. The fourth-order valence-corrected chi connectivity index (χ4v) is 5.51. The molecule has 1 saturated carbocycles. The van der Waals surface area contributed by atoms with E-state index in [0.717, 1.165) is 31.4 Å². The van der Waals surface area contributed by atoms with Gasteiger partial charge in [-0.25, -0.2) is 12.8 Å². The first kappa shape index (κ1) is 21.2. The lowest BCUT2D eigenvalue weighted by atomic mass is 9.86. The van der Waals surface area contributed by atoms with Gasteiger partial charge >= 0.3 is 0 Å². The highest BCUT2D eigenvalue weighted by molar-refractivity contribution is 7.89. The van der Waals surface area contributed by atoms with Gasteiger partial charge in [0.1, 0.15) is 5.82 Å². The SMILES string of the molecule is C[C@@H]1CCCC[C@H]1NC(=O)[C@@H](C)N1CCN(S(=O)(=O)c2ccc(F)cc2)CC1. The average Bonchev–Trinajstić information content (AvgIpc) is 2.69. The summed E-state index contributed by atoms with van der Waals surface area (Å²) in [5, 5.41) is 3.19. The maximum absolute atomic E-state index is 13.1. The summed E-state index contributed by atoms with van der Waals surface area (Å²) in [6.07, 6.45) is 4.57. The normalized spacial score (nSPS) is 26.0. The molecule has 8 heteroatoms. The highest BCUT2D eigenvalue weighted by atomic mass is 32.2. The standard InChI is InChI=1S/C20H30FN3O3S/c1-15-5-3-4-6-19(15)22-20(25)16(2)23-11-13-24(14-12-23)28(26,27)18-9-7-17(21)8-10-18/h7-10,15-16,19H,3-6,11-14H2,1-2H3,(H,22,25)/t15-,16-,19-/m1/s1. The van der Waals surface area contributed by atoms with E-state index in [-0.39, 0.29) is 22.9 Å². The highest BCUT2D eigenvalue weighted by Gasteiger charge is 2.33. The Balaban J connectivity index is 1.55. The predicted molar refractivity (Wildman–Crippen MR) is 106 cm³/mol. The van der Waals surface area contributed by atoms with Gasteiger partial charge in [-0.2, -0.15) is 4.31 Å². The first-order valence-electron chi connectivity index (χ1n) is 10.1. The number of hydrogen-bond donors (Lipinski definition) is 1. The molecule has 156 valence electrons. The van der Waals surface area contributed by atoms with E-state index in [9.17, 15) is 17.6 Å². The third kappa shape index (κ3) is 4.72. The van der Waals surface area contributed by atoms with Crippen LogP contribution in [0.4, 0.5) is 4.39 Å². The number of rotatable bonds is 5. The van der Waals surface area contributed by atoms with Crippen molar-refractivity contribution in [3.63, 3.8) is 0 Å². The zero-order chi connectivity index (χ0) is 20.3. The van der Waals surface area contributed by atoms with Crippen molar-refractivity contribution in [1.29, 1.82) is 0 Å². The Morgan fingerprint density at radius 2 is 1.71 bits per heavy atom. The molecule has 1 heterocycles. The van der Waals surface area contributed by atoms with Crippen molar-refractivity contribution in [3.8, 4) is 0 Å². The van der Waals surface area contributed by atoms with Crippen molar-refractivity contribution in [2.24, 2.45) is 5.92 Å². The molecule has 28 heavy (non-hydrogen) atoms. The molecule has 1 N–H and O–H groups in total. The van der Waals surface area contributed by atoms with Gasteiger partial charge in [-0.1, -0.05) is 19.8 Å². The number of nitrogens with zero attached hydrogens (tertiary/aromatic N) is 2. The van der Waals surface area contributed by atoms with Crippen LogP contribution in [-0.4, -0.2) is 61.8 Å². The number of halogens is 1. The van der Waals surface area contributed by atoms with Crippen LogP contribution in [-0.2, 0) is 14.8 Å². The van der Waals surface area contributed by atoms with Crippen LogP contribution in [0, 0.1) is 11.7 Å². The molecule has 0 radical (unpaired) electrons. The lowest BCUT2D eigenvalue weighted by Crippen LogP contribution is -2.56. The summed E-state index contributed by atoms with van der Waals surface area (Å²) >= 11 is 0. The highest BCUT2D eigenvalue weighted by Crippen LogP contribution is 2.24. The number of carbonyl (C=O) groups is 1. The van der Waals surface area contributed by atoms with Crippen molar-refractivity contribution >= 4 is 15.9 Å². The minimum atomic E-state index is -3.64. The van der Waals surface area contributed by atoms with E-state index in [0.29, 0.717) is 32.1 Å². The molecular formula is C20H30FN3O3S. The van der Waals surface area contributed by atoms with Crippen LogP contribution in [0.5, 0.6) is 0 Å². The first-order valence-corrected chi connectivity index (χ1v) is 11.5. The number of hydrogen-bond acceptors (Lipinski definition) is 4. The Kier molecular flexibility index (Phi) is 6.73. The van der Waals surface area contributed by atoms with Gasteiger partial charge in [0, 0.05) is 32.2 Å². The van der Waals surface area contributed by atoms with E-state index in [2.05, 4.69) is 12.2 Å². The molecule has 1 aliphatic heterocycles. The minimum Gasteiger partial charge on any atom is -0.352 e. The largest absolute Gasteiger partial charge is 0.352 e. The van der Waals surface area contributed by atoms with Crippen LogP contribution in [0.3, 0.4) is 0 Å². The Labute approximate surface area is 167 Å². The van der Waals surface area contributed by atoms with Crippen LogP contribution in [0.1, 0.15) is 39.5 Å². The number of nitrogens with one attached hydrogen (secondary N) is 1. The quantitative estimate of drug-likeness (QED) is 0.807. The van der Waals surface area contributed by atoms with Gasteiger partial charge in [0.2, 0.25) is 15.9 Å².